The molecule has 1 N–H and O–H groups in total. The Morgan fingerprint density at radius 2 is 2.15 bits per heavy atom. The average Bonchev–Trinajstić information content (AvgIpc) is 3.36. The van der Waals surface area contributed by atoms with E-state index in [1.807, 2.05) is 28.8 Å². The highest BCUT2D eigenvalue weighted by atomic mass is 16.5. The predicted octanol–water partition coefficient (Wildman–Crippen LogP) is 0.644. The Balaban J connectivity index is 1.37. The zero-order chi connectivity index (χ0) is 18.5. The van der Waals surface area contributed by atoms with Crippen LogP contribution in [0.4, 0.5) is 0 Å². The Morgan fingerprint density at radius 1 is 1.26 bits per heavy atom. The maximum atomic E-state index is 5.49. The third kappa shape index (κ3) is 4.22. The number of fused-ring (bicyclic) bond motifs is 1. The largest absolute Gasteiger partial charge is 0.379 e. The lowest BCUT2D eigenvalue weighted by atomic mass is 10.2. The first kappa shape index (κ1) is 18.2. The molecule has 8 heteroatoms. The molecule has 1 unspecified atom stereocenters. The molecule has 0 bridgehead atoms. The second kappa shape index (κ2) is 8.67. The average molecular weight is 371 g/mol. The molecule has 27 heavy (non-hydrogen) atoms. The Kier molecular flexibility index (Phi) is 5.84. The van der Waals surface area contributed by atoms with E-state index in [-0.39, 0.29) is 0 Å². The third-order valence-corrected chi connectivity index (χ3v) is 5.34. The summed E-state index contributed by atoms with van der Waals surface area (Å²) in [6, 6.07) is 6.56. The van der Waals surface area contributed by atoms with Gasteiger partial charge in [-0.1, -0.05) is 6.07 Å². The minimum Gasteiger partial charge on any atom is -0.379 e. The molecule has 2 fully saturated rings. The molecule has 0 aliphatic carbocycles. The summed E-state index contributed by atoms with van der Waals surface area (Å²) in [6.07, 6.45) is 3.98. The monoisotopic (exact) mass is 371 g/mol. The minimum absolute atomic E-state index is 0.609. The van der Waals surface area contributed by atoms with Crippen LogP contribution in [0.1, 0.15) is 19.2 Å². The number of nitrogens with zero attached hydrogens (tertiary/aromatic N) is 6. The van der Waals surface area contributed by atoms with E-state index in [2.05, 4.69) is 32.2 Å². The quantitative estimate of drug-likeness (QED) is 0.615. The zero-order valence-electron chi connectivity index (χ0n) is 16.0. The Labute approximate surface area is 160 Å². The van der Waals surface area contributed by atoms with Crippen LogP contribution in [0.3, 0.4) is 0 Å². The SMILES string of the molecule is CCNC(=NCCc1nnc2ccccn12)N1CCC(N2CCOCC2)C1. The van der Waals surface area contributed by atoms with E-state index >= 15 is 0 Å². The van der Waals surface area contributed by atoms with Crippen LogP contribution in [0.25, 0.3) is 5.65 Å². The van der Waals surface area contributed by atoms with Gasteiger partial charge in [0.25, 0.3) is 0 Å². The molecule has 2 aliphatic rings. The predicted molar refractivity (Wildman–Crippen MR) is 105 cm³/mol. The molecule has 0 saturated carbocycles. The van der Waals surface area contributed by atoms with Crippen molar-refractivity contribution in [3.63, 3.8) is 0 Å². The van der Waals surface area contributed by atoms with Gasteiger partial charge in [-0.2, -0.15) is 0 Å². The number of hydrogen-bond donors (Lipinski definition) is 1. The number of aromatic nitrogens is 3. The van der Waals surface area contributed by atoms with Crippen molar-refractivity contribution in [2.24, 2.45) is 4.99 Å². The van der Waals surface area contributed by atoms with Crippen LogP contribution in [-0.2, 0) is 11.2 Å². The van der Waals surface area contributed by atoms with Gasteiger partial charge in [0, 0.05) is 57.9 Å². The van der Waals surface area contributed by atoms with E-state index in [0.717, 1.165) is 69.8 Å². The van der Waals surface area contributed by atoms with Crippen molar-refractivity contribution in [1.82, 2.24) is 29.7 Å². The van der Waals surface area contributed by atoms with Crippen LogP contribution < -0.4 is 5.32 Å². The fourth-order valence-electron chi connectivity index (χ4n) is 3.92. The van der Waals surface area contributed by atoms with Crippen molar-refractivity contribution in [2.75, 3.05) is 52.5 Å². The van der Waals surface area contributed by atoms with E-state index in [1.165, 1.54) is 6.42 Å². The van der Waals surface area contributed by atoms with Crippen LogP contribution in [0.15, 0.2) is 29.4 Å². The van der Waals surface area contributed by atoms with Crippen LogP contribution >= 0.6 is 0 Å². The highest BCUT2D eigenvalue weighted by molar-refractivity contribution is 5.80. The maximum absolute atomic E-state index is 5.49. The van der Waals surface area contributed by atoms with Crippen molar-refractivity contribution < 1.29 is 4.74 Å². The first-order valence-electron chi connectivity index (χ1n) is 9.99. The fourth-order valence-corrected chi connectivity index (χ4v) is 3.92. The number of pyridine rings is 1. The van der Waals surface area contributed by atoms with E-state index in [1.54, 1.807) is 0 Å². The van der Waals surface area contributed by atoms with Gasteiger partial charge >= 0.3 is 0 Å². The number of ether oxygens (including phenoxy) is 1. The summed E-state index contributed by atoms with van der Waals surface area (Å²) in [5, 5.41) is 12.0. The topological polar surface area (TPSA) is 70.3 Å². The molecule has 8 nitrogen and oxygen atoms in total. The highest BCUT2D eigenvalue weighted by Crippen LogP contribution is 2.17. The molecule has 0 radical (unpaired) electrons. The summed E-state index contributed by atoms with van der Waals surface area (Å²) in [6.45, 7) is 9.62. The number of aliphatic imine (C=N–C) groups is 1. The van der Waals surface area contributed by atoms with E-state index in [4.69, 9.17) is 9.73 Å². The second-order valence-electron chi connectivity index (χ2n) is 7.07. The lowest BCUT2D eigenvalue weighted by Crippen LogP contribution is -2.46. The van der Waals surface area contributed by atoms with Gasteiger partial charge < -0.3 is 15.0 Å². The third-order valence-electron chi connectivity index (χ3n) is 5.34. The smallest absolute Gasteiger partial charge is 0.193 e. The molecule has 0 amide bonds. The van der Waals surface area contributed by atoms with Gasteiger partial charge in [0.15, 0.2) is 11.6 Å². The number of hydrogen-bond acceptors (Lipinski definition) is 5. The van der Waals surface area contributed by atoms with Gasteiger partial charge in [-0.3, -0.25) is 14.3 Å². The lowest BCUT2D eigenvalue weighted by molar-refractivity contribution is 0.0195. The van der Waals surface area contributed by atoms with Crippen LogP contribution in [0.2, 0.25) is 0 Å². The summed E-state index contributed by atoms with van der Waals surface area (Å²) >= 11 is 0. The second-order valence-corrected chi connectivity index (χ2v) is 7.07. The number of nitrogens with one attached hydrogen (secondary N) is 1. The molecule has 2 saturated heterocycles. The van der Waals surface area contributed by atoms with Crippen LogP contribution in [0, 0.1) is 0 Å². The van der Waals surface area contributed by atoms with Crippen LogP contribution in [-0.4, -0.2) is 88.9 Å². The van der Waals surface area contributed by atoms with E-state index in [0.29, 0.717) is 12.6 Å². The van der Waals surface area contributed by atoms with Crippen molar-refractivity contribution in [2.45, 2.75) is 25.8 Å². The van der Waals surface area contributed by atoms with Crippen molar-refractivity contribution >= 4 is 11.6 Å². The van der Waals surface area contributed by atoms with E-state index in [9.17, 15) is 0 Å². The molecule has 0 spiro atoms. The molecule has 4 heterocycles. The van der Waals surface area contributed by atoms with Gasteiger partial charge in [-0.15, -0.1) is 10.2 Å². The summed E-state index contributed by atoms with van der Waals surface area (Å²) in [7, 11) is 0. The first-order chi connectivity index (χ1) is 13.3. The fraction of sp³-hybridized carbons (Fsp3) is 0.632. The van der Waals surface area contributed by atoms with Gasteiger partial charge in [-0.05, 0) is 25.5 Å². The highest BCUT2D eigenvalue weighted by Gasteiger charge is 2.30. The van der Waals surface area contributed by atoms with Gasteiger partial charge in [0.05, 0.1) is 13.2 Å². The number of guanidine groups is 1. The summed E-state index contributed by atoms with van der Waals surface area (Å²) in [4.78, 5) is 9.82. The van der Waals surface area contributed by atoms with Gasteiger partial charge in [-0.25, -0.2) is 0 Å². The molecule has 2 aliphatic heterocycles. The van der Waals surface area contributed by atoms with E-state index < -0.39 is 0 Å². The minimum atomic E-state index is 0.609. The molecule has 4 rings (SSSR count). The van der Waals surface area contributed by atoms with Crippen molar-refractivity contribution in [3.05, 3.63) is 30.2 Å². The lowest BCUT2D eigenvalue weighted by Gasteiger charge is -2.32. The molecular formula is C19H29N7O. The number of likely N-dealkylation sites (tertiary alicyclic amines) is 1. The Bertz CT molecular complexity index is 768. The number of morpholine rings is 1. The Hall–Kier alpha value is -2.19. The number of rotatable bonds is 5. The summed E-state index contributed by atoms with van der Waals surface area (Å²) in [5.41, 5.74) is 0.885. The van der Waals surface area contributed by atoms with Gasteiger partial charge in [0.2, 0.25) is 0 Å². The van der Waals surface area contributed by atoms with Gasteiger partial charge in [0.1, 0.15) is 5.82 Å². The molecule has 2 aromatic rings. The Morgan fingerprint density at radius 3 is 3.00 bits per heavy atom. The summed E-state index contributed by atoms with van der Waals surface area (Å²) in [5.74, 6) is 1.97. The maximum Gasteiger partial charge on any atom is 0.193 e. The van der Waals surface area contributed by atoms with Crippen molar-refractivity contribution in [3.8, 4) is 0 Å². The first-order valence-corrected chi connectivity index (χ1v) is 9.99. The molecule has 0 aromatic carbocycles. The normalized spacial score (nSPS) is 21.9. The zero-order valence-corrected chi connectivity index (χ0v) is 16.0. The molecule has 146 valence electrons. The summed E-state index contributed by atoms with van der Waals surface area (Å²) < 4.78 is 7.52. The molecular weight excluding hydrogens is 342 g/mol. The molecule has 2 aromatic heterocycles. The molecule has 1 atom stereocenters. The van der Waals surface area contributed by atoms with Crippen LogP contribution in [0.5, 0.6) is 0 Å². The standard InChI is InChI=1S/C19H29N7O/c1-2-20-19(25-10-7-16(15-25)24-11-13-27-14-12-24)21-8-6-18-23-22-17-5-3-4-9-26(17)18/h3-5,9,16H,2,6-8,10-15H2,1H3,(H,20,21). The van der Waals surface area contributed by atoms with Crippen molar-refractivity contribution in [1.29, 1.82) is 0 Å².